The normalized spacial score (nSPS) is 19.5. The Morgan fingerprint density at radius 1 is 1.17 bits per heavy atom. The number of esters is 1. The summed E-state index contributed by atoms with van der Waals surface area (Å²) < 4.78 is 18.6. The summed E-state index contributed by atoms with van der Waals surface area (Å²) in [6, 6.07) is 2.19. The van der Waals surface area contributed by atoms with Gasteiger partial charge in [0.05, 0.1) is 12.1 Å². The number of aromatic amines is 1. The first-order valence-electron chi connectivity index (χ1n) is 11.7. The Bertz CT molecular complexity index is 1150. The van der Waals surface area contributed by atoms with Crippen molar-refractivity contribution in [3.8, 4) is 0 Å². The molecule has 2 fully saturated rings. The monoisotopic (exact) mass is 506 g/mol. The number of carbonyl (C=O) groups excluding carboxylic acids is 4. The summed E-state index contributed by atoms with van der Waals surface area (Å²) in [5.41, 5.74) is 0.616. The van der Waals surface area contributed by atoms with Gasteiger partial charge in [0.1, 0.15) is 23.6 Å². The maximum Gasteiger partial charge on any atom is 0.328 e. The zero-order valence-corrected chi connectivity index (χ0v) is 20.0. The van der Waals surface area contributed by atoms with Crippen molar-refractivity contribution in [2.45, 2.75) is 50.6 Å². The maximum atomic E-state index is 13.8. The van der Waals surface area contributed by atoms with Crippen molar-refractivity contribution in [1.82, 2.24) is 20.9 Å². The third-order valence-electron chi connectivity index (χ3n) is 6.54. The molecular formula is C24H28ClFN4O5. The molecule has 3 amide bonds. The van der Waals surface area contributed by atoms with Crippen LogP contribution in [0.15, 0.2) is 18.2 Å². The Kier molecular flexibility index (Phi) is 7.59. The van der Waals surface area contributed by atoms with E-state index in [4.69, 9.17) is 16.3 Å². The van der Waals surface area contributed by atoms with E-state index in [9.17, 15) is 23.6 Å². The number of halogens is 2. The third-order valence-corrected chi connectivity index (χ3v) is 6.93. The largest absolute Gasteiger partial charge is 0.467 e. The van der Waals surface area contributed by atoms with Crippen LogP contribution in [0.4, 0.5) is 4.39 Å². The van der Waals surface area contributed by atoms with E-state index in [1.165, 1.54) is 25.3 Å². The molecule has 4 N–H and O–H groups in total. The predicted molar refractivity (Wildman–Crippen MR) is 126 cm³/mol. The summed E-state index contributed by atoms with van der Waals surface area (Å²) in [6.07, 6.45) is 3.82. The van der Waals surface area contributed by atoms with Crippen LogP contribution < -0.4 is 16.0 Å². The molecule has 2 aliphatic rings. The van der Waals surface area contributed by atoms with Gasteiger partial charge >= 0.3 is 5.97 Å². The molecule has 9 nitrogen and oxygen atoms in total. The number of methoxy groups -OCH3 is 1. The number of piperidine rings is 1. The van der Waals surface area contributed by atoms with E-state index in [1.807, 2.05) is 0 Å². The minimum Gasteiger partial charge on any atom is -0.467 e. The molecule has 2 unspecified atom stereocenters. The van der Waals surface area contributed by atoms with Gasteiger partial charge in [-0.15, -0.1) is 0 Å². The molecule has 0 spiro atoms. The lowest BCUT2D eigenvalue weighted by molar-refractivity contribution is -0.146. The van der Waals surface area contributed by atoms with Crippen LogP contribution >= 0.6 is 11.6 Å². The van der Waals surface area contributed by atoms with E-state index in [2.05, 4.69) is 20.9 Å². The van der Waals surface area contributed by atoms with Gasteiger partial charge in [-0.25, -0.2) is 9.18 Å². The number of aromatic nitrogens is 1. The minimum absolute atomic E-state index is 0.0993. The Balaban J connectivity index is 1.48. The van der Waals surface area contributed by atoms with Crippen molar-refractivity contribution >= 4 is 46.2 Å². The molecule has 2 heterocycles. The second kappa shape index (κ2) is 10.6. The Morgan fingerprint density at radius 3 is 2.63 bits per heavy atom. The van der Waals surface area contributed by atoms with Crippen LogP contribution in [0.2, 0.25) is 5.02 Å². The quantitative estimate of drug-likeness (QED) is 0.388. The summed E-state index contributed by atoms with van der Waals surface area (Å²) in [6.45, 7) is 0.589. The zero-order valence-electron chi connectivity index (χ0n) is 19.3. The summed E-state index contributed by atoms with van der Waals surface area (Å²) in [5.74, 6) is -2.62. The topological polar surface area (TPSA) is 129 Å². The van der Waals surface area contributed by atoms with Crippen LogP contribution in [0.1, 0.15) is 49.0 Å². The fourth-order valence-electron chi connectivity index (χ4n) is 4.39. The number of ether oxygens (including phenoxy) is 1. The minimum atomic E-state index is -1.02. The number of rotatable bonds is 9. The van der Waals surface area contributed by atoms with Crippen LogP contribution in [-0.4, -0.2) is 54.4 Å². The standard InChI is InChI=1S/C24H28ClFN4O5/c1-35-24(34)19(10-13-3-2-8-27-21(13)31)30-22(32)17(9-12-4-5-12)29-23(33)18-11-14-16(28-18)7-6-15(26)20(14)25/h6-7,11-13,17,19,28H,2-5,8-10H2,1H3,(H,27,31)(H,29,33)(H,30,32)/t13-,17?,19?/m0/s1. The Hall–Kier alpha value is -3.14. The Labute approximate surface area is 206 Å². The van der Waals surface area contributed by atoms with Crippen LogP contribution in [0.25, 0.3) is 10.9 Å². The van der Waals surface area contributed by atoms with E-state index >= 15 is 0 Å². The second-order valence-electron chi connectivity index (χ2n) is 9.16. The van der Waals surface area contributed by atoms with Gasteiger partial charge in [0.2, 0.25) is 11.8 Å². The number of carbonyl (C=O) groups is 4. The van der Waals surface area contributed by atoms with Crippen molar-refractivity contribution in [3.05, 3.63) is 34.7 Å². The summed E-state index contributed by atoms with van der Waals surface area (Å²) in [5, 5.41) is 8.43. The molecule has 35 heavy (non-hydrogen) atoms. The van der Waals surface area contributed by atoms with Gasteiger partial charge in [-0.05, 0) is 49.8 Å². The van der Waals surface area contributed by atoms with Crippen molar-refractivity contribution in [2.75, 3.05) is 13.7 Å². The molecule has 1 aliphatic carbocycles. The number of benzene rings is 1. The highest BCUT2D eigenvalue weighted by molar-refractivity contribution is 6.35. The van der Waals surface area contributed by atoms with Crippen molar-refractivity contribution in [2.24, 2.45) is 11.8 Å². The van der Waals surface area contributed by atoms with Crippen LogP contribution in [0.3, 0.4) is 0 Å². The predicted octanol–water partition coefficient (Wildman–Crippen LogP) is 2.43. The Morgan fingerprint density at radius 2 is 1.94 bits per heavy atom. The lowest BCUT2D eigenvalue weighted by Gasteiger charge is -2.27. The van der Waals surface area contributed by atoms with Gasteiger partial charge in [0.25, 0.3) is 5.91 Å². The van der Waals surface area contributed by atoms with E-state index in [0.717, 1.165) is 19.3 Å². The molecule has 1 aliphatic heterocycles. The fraction of sp³-hybridized carbons (Fsp3) is 0.500. The van der Waals surface area contributed by atoms with Crippen LogP contribution in [-0.2, 0) is 19.1 Å². The highest BCUT2D eigenvalue weighted by atomic mass is 35.5. The summed E-state index contributed by atoms with van der Waals surface area (Å²) >= 11 is 6.01. The molecule has 188 valence electrons. The van der Waals surface area contributed by atoms with E-state index in [-0.39, 0.29) is 29.0 Å². The third kappa shape index (κ3) is 5.93. The number of hydrogen-bond acceptors (Lipinski definition) is 5. The smallest absolute Gasteiger partial charge is 0.328 e. The summed E-state index contributed by atoms with van der Waals surface area (Å²) in [7, 11) is 1.22. The van der Waals surface area contributed by atoms with Gasteiger partial charge in [-0.3, -0.25) is 14.4 Å². The van der Waals surface area contributed by atoms with Gasteiger partial charge in [0, 0.05) is 23.4 Å². The van der Waals surface area contributed by atoms with Crippen molar-refractivity contribution in [1.29, 1.82) is 0 Å². The molecule has 0 bridgehead atoms. The van der Waals surface area contributed by atoms with Gasteiger partial charge in [-0.1, -0.05) is 24.4 Å². The van der Waals surface area contributed by atoms with Gasteiger partial charge in [-0.2, -0.15) is 0 Å². The van der Waals surface area contributed by atoms with Crippen molar-refractivity contribution < 1.29 is 28.3 Å². The number of fused-ring (bicyclic) bond motifs is 1. The number of hydrogen-bond donors (Lipinski definition) is 4. The van der Waals surface area contributed by atoms with Gasteiger partial charge in [0.15, 0.2) is 0 Å². The number of H-pyrrole nitrogens is 1. The van der Waals surface area contributed by atoms with E-state index in [1.54, 1.807) is 0 Å². The molecule has 11 heteroatoms. The van der Waals surface area contributed by atoms with Crippen LogP contribution in [0, 0.1) is 17.7 Å². The fourth-order valence-corrected chi connectivity index (χ4v) is 4.61. The first-order valence-corrected chi connectivity index (χ1v) is 12.1. The molecule has 1 aromatic heterocycles. The molecule has 1 saturated carbocycles. The van der Waals surface area contributed by atoms with E-state index in [0.29, 0.717) is 30.3 Å². The highest BCUT2D eigenvalue weighted by Gasteiger charge is 2.35. The molecule has 1 aromatic carbocycles. The lowest BCUT2D eigenvalue weighted by Crippen LogP contribution is -2.53. The van der Waals surface area contributed by atoms with Crippen LogP contribution in [0.5, 0.6) is 0 Å². The summed E-state index contributed by atoms with van der Waals surface area (Å²) in [4.78, 5) is 53.6. The van der Waals surface area contributed by atoms with Gasteiger partial charge < -0.3 is 25.7 Å². The average molecular weight is 507 g/mol. The number of amides is 3. The molecule has 1 saturated heterocycles. The first kappa shape index (κ1) is 25.0. The highest BCUT2D eigenvalue weighted by Crippen LogP contribution is 2.34. The maximum absolute atomic E-state index is 13.8. The number of nitrogens with one attached hydrogen (secondary N) is 4. The molecule has 3 atom stereocenters. The first-order chi connectivity index (χ1) is 16.8. The average Bonchev–Trinajstić information content (AvgIpc) is 3.55. The molecule has 2 aromatic rings. The van der Waals surface area contributed by atoms with E-state index < -0.39 is 41.6 Å². The molecule has 0 radical (unpaired) electrons. The second-order valence-corrected chi connectivity index (χ2v) is 9.54. The zero-order chi connectivity index (χ0) is 25.1. The lowest BCUT2D eigenvalue weighted by atomic mass is 9.91. The molecule has 4 rings (SSSR count). The van der Waals surface area contributed by atoms with Crippen molar-refractivity contribution in [3.63, 3.8) is 0 Å². The molecular weight excluding hydrogens is 479 g/mol. The SMILES string of the molecule is COC(=O)C(C[C@@H]1CCCNC1=O)NC(=O)C(CC1CC1)NC(=O)c1cc2c(Cl)c(F)ccc2[nH]1.